The van der Waals surface area contributed by atoms with E-state index in [0.717, 1.165) is 16.9 Å². The van der Waals surface area contributed by atoms with Crippen molar-refractivity contribution in [2.24, 2.45) is 0 Å². The van der Waals surface area contributed by atoms with Crippen LogP contribution in [0.1, 0.15) is 17.5 Å². The monoisotopic (exact) mass is 437 g/mol. The van der Waals surface area contributed by atoms with E-state index < -0.39 is 6.04 Å². The lowest BCUT2D eigenvalue weighted by atomic mass is 10.1. The molecule has 1 aliphatic heterocycles. The molecule has 0 radical (unpaired) electrons. The molecule has 32 heavy (non-hydrogen) atoms. The van der Waals surface area contributed by atoms with Crippen molar-refractivity contribution in [3.05, 3.63) is 71.8 Å². The van der Waals surface area contributed by atoms with Crippen molar-refractivity contribution in [3.63, 3.8) is 0 Å². The molecule has 7 nitrogen and oxygen atoms in total. The fourth-order valence-corrected chi connectivity index (χ4v) is 3.83. The van der Waals surface area contributed by atoms with Gasteiger partial charge in [0.25, 0.3) is 0 Å². The number of piperazine rings is 1. The Morgan fingerprint density at radius 2 is 1.97 bits per heavy atom. The number of ether oxygens (including phenoxy) is 1. The predicted molar refractivity (Wildman–Crippen MR) is 124 cm³/mol. The Morgan fingerprint density at radius 1 is 1.22 bits per heavy atom. The summed E-state index contributed by atoms with van der Waals surface area (Å²) in [6.45, 7) is 2.27. The van der Waals surface area contributed by atoms with Crippen LogP contribution < -0.4 is 10.1 Å². The topological polar surface area (TPSA) is 82.1 Å². The molecule has 2 aromatic rings. The number of carbonyl (C=O) groups is 2. The number of aliphatic hydroxyl groups excluding tert-OH is 1. The Kier molecular flexibility index (Phi) is 8.83. The molecule has 1 aliphatic rings. The van der Waals surface area contributed by atoms with Crippen molar-refractivity contribution in [2.45, 2.75) is 19.0 Å². The lowest BCUT2D eigenvalue weighted by molar-refractivity contribution is -0.139. The van der Waals surface area contributed by atoms with E-state index in [2.05, 4.69) is 5.32 Å². The molecule has 1 heterocycles. The first kappa shape index (κ1) is 23.5. The van der Waals surface area contributed by atoms with Gasteiger partial charge < -0.3 is 20.1 Å². The van der Waals surface area contributed by atoms with Gasteiger partial charge in [-0.25, -0.2) is 0 Å². The maximum absolute atomic E-state index is 13.0. The number of para-hydroxylation sites is 1. The molecule has 0 spiro atoms. The molecule has 2 N–H and O–H groups in total. The third-order valence-corrected chi connectivity index (χ3v) is 5.52. The van der Waals surface area contributed by atoms with Gasteiger partial charge in [-0.3, -0.25) is 14.5 Å². The average molecular weight is 438 g/mol. The second kappa shape index (κ2) is 12.0. The second-order valence-corrected chi connectivity index (χ2v) is 7.67. The molecule has 2 amide bonds. The number of amides is 2. The summed E-state index contributed by atoms with van der Waals surface area (Å²) in [6, 6.07) is 16.8. The van der Waals surface area contributed by atoms with Gasteiger partial charge in [0.15, 0.2) is 0 Å². The van der Waals surface area contributed by atoms with Crippen LogP contribution >= 0.6 is 0 Å². The molecular formula is C25H31N3O4. The molecule has 1 fully saturated rings. The highest BCUT2D eigenvalue weighted by Gasteiger charge is 2.32. The summed E-state index contributed by atoms with van der Waals surface area (Å²) < 4.78 is 5.38. The molecule has 1 unspecified atom stereocenters. The minimum absolute atomic E-state index is 0.0706. The fraction of sp³-hybridized carbons (Fsp3) is 0.360. The predicted octanol–water partition coefficient (Wildman–Crippen LogP) is 1.92. The van der Waals surface area contributed by atoms with Crippen molar-refractivity contribution in [1.29, 1.82) is 0 Å². The Labute approximate surface area is 189 Å². The summed E-state index contributed by atoms with van der Waals surface area (Å²) in [7, 11) is 1.64. The number of aliphatic hydroxyl groups is 1. The molecule has 0 bridgehead atoms. The van der Waals surface area contributed by atoms with E-state index in [1.54, 1.807) is 12.0 Å². The van der Waals surface area contributed by atoms with Crippen LogP contribution in [0.3, 0.4) is 0 Å². The zero-order valence-corrected chi connectivity index (χ0v) is 18.4. The van der Waals surface area contributed by atoms with Crippen LogP contribution in [0.4, 0.5) is 0 Å². The number of hydrogen-bond donors (Lipinski definition) is 2. The molecule has 0 aromatic heterocycles. The van der Waals surface area contributed by atoms with Gasteiger partial charge >= 0.3 is 0 Å². The van der Waals surface area contributed by atoms with Crippen molar-refractivity contribution >= 4 is 17.9 Å². The summed E-state index contributed by atoms with van der Waals surface area (Å²) in [5.41, 5.74) is 1.94. The molecule has 3 rings (SSSR count). The maximum atomic E-state index is 13.0. The van der Waals surface area contributed by atoms with Crippen LogP contribution in [0.15, 0.2) is 60.7 Å². The fourth-order valence-electron chi connectivity index (χ4n) is 3.83. The van der Waals surface area contributed by atoms with Crippen LogP contribution in [-0.2, 0) is 16.1 Å². The quantitative estimate of drug-likeness (QED) is 0.594. The molecule has 0 saturated carbocycles. The average Bonchev–Trinajstić information content (AvgIpc) is 2.81. The largest absolute Gasteiger partial charge is 0.496 e. The molecule has 7 heteroatoms. The third-order valence-electron chi connectivity index (χ3n) is 5.52. The number of carbonyl (C=O) groups excluding carboxylic acids is 2. The Balaban J connectivity index is 1.66. The lowest BCUT2D eigenvalue weighted by Gasteiger charge is -2.35. The van der Waals surface area contributed by atoms with Gasteiger partial charge in [-0.05, 0) is 11.6 Å². The van der Waals surface area contributed by atoms with E-state index >= 15 is 0 Å². The minimum atomic E-state index is -0.546. The Hall–Kier alpha value is -3.16. The second-order valence-electron chi connectivity index (χ2n) is 7.67. The smallest absolute Gasteiger partial charge is 0.237 e. The van der Waals surface area contributed by atoms with Crippen LogP contribution in [0, 0.1) is 0 Å². The highest BCUT2D eigenvalue weighted by molar-refractivity contribution is 5.89. The van der Waals surface area contributed by atoms with E-state index in [0.29, 0.717) is 26.2 Å². The molecule has 170 valence electrons. The van der Waals surface area contributed by atoms with E-state index in [-0.39, 0.29) is 31.4 Å². The molecule has 2 aromatic carbocycles. The summed E-state index contributed by atoms with van der Waals surface area (Å²) in [5.74, 6) is 0.495. The minimum Gasteiger partial charge on any atom is -0.496 e. The number of methoxy groups -OCH3 is 1. The first-order valence-electron chi connectivity index (χ1n) is 10.9. The van der Waals surface area contributed by atoms with Gasteiger partial charge in [-0.2, -0.15) is 0 Å². The van der Waals surface area contributed by atoms with Gasteiger partial charge in [0.2, 0.25) is 11.8 Å². The lowest BCUT2D eigenvalue weighted by Crippen LogP contribution is -2.56. The van der Waals surface area contributed by atoms with Crippen LogP contribution in [-0.4, -0.2) is 72.7 Å². The molecule has 1 saturated heterocycles. The number of nitrogens with zero attached hydrogens (tertiary/aromatic N) is 2. The standard InChI is InChI=1S/C25H31N3O4/c1-32-23-12-6-5-10-21(23)11-7-14-27-15-13-26-25(31)22(27)18-24(30)28(16-17-29)19-20-8-3-2-4-9-20/h2-12,22,29H,13-19H2,1H3,(H,26,31). The van der Waals surface area contributed by atoms with Crippen LogP contribution in [0.5, 0.6) is 5.75 Å². The first-order chi connectivity index (χ1) is 15.6. The highest BCUT2D eigenvalue weighted by atomic mass is 16.5. The first-order valence-corrected chi connectivity index (χ1v) is 10.9. The SMILES string of the molecule is COc1ccccc1C=CCN1CCNC(=O)C1CC(=O)N(CCO)Cc1ccccc1. The zero-order valence-electron chi connectivity index (χ0n) is 18.4. The van der Waals surface area contributed by atoms with E-state index in [1.165, 1.54) is 0 Å². The third kappa shape index (κ3) is 6.42. The van der Waals surface area contributed by atoms with E-state index in [9.17, 15) is 14.7 Å². The molecule has 1 atom stereocenters. The number of benzene rings is 2. The number of rotatable bonds is 10. The zero-order chi connectivity index (χ0) is 22.8. The normalized spacial score (nSPS) is 16.7. The van der Waals surface area contributed by atoms with Gasteiger partial charge in [-0.1, -0.05) is 60.7 Å². The van der Waals surface area contributed by atoms with Crippen LogP contribution in [0.25, 0.3) is 6.08 Å². The summed E-state index contributed by atoms with van der Waals surface area (Å²) in [6.07, 6.45) is 4.03. The number of nitrogens with one attached hydrogen (secondary N) is 1. The Bertz CT molecular complexity index is 916. The summed E-state index contributed by atoms with van der Waals surface area (Å²) >= 11 is 0. The van der Waals surface area contributed by atoms with Crippen molar-refractivity contribution in [1.82, 2.24) is 15.1 Å². The van der Waals surface area contributed by atoms with Gasteiger partial charge in [-0.15, -0.1) is 0 Å². The summed E-state index contributed by atoms with van der Waals surface area (Å²) in [5, 5.41) is 12.3. The van der Waals surface area contributed by atoms with Gasteiger partial charge in [0, 0.05) is 38.3 Å². The van der Waals surface area contributed by atoms with Gasteiger partial charge in [0.1, 0.15) is 5.75 Å². The molecule has 0 aliphatic carbocycles. The summed E-state index contributed by atoms with van der Waals surface area (Å²) in [4.78, 5) is 29.3. The van der Waals surface area contributed by atoms with Crippen LogP contribution in [0.2, 0.25) is 0 Å². The van der Waals surface area contributed by atoms with Crippen molar-refractivity contribution < 1.29 is 19.4 Å². The van der Waals surface area contributed by atoms with E-state index in [4.69, 9.17) is 4.74 Å². The van der Waals surface area contributed by atoms with E-state index in [1.807, 2.05) is 71.6 Å². The maximum Gasteiger partial charge on any atom is 0.237 e. The highest BCUT2D eigenvalue weighted by Crippen LogP contribution is 2.19. The van der Waals surface area contributed by atoms with Crippen molar-refractivity contribution in [3.8, 4) is 5.75 Å². The Morgan fingerprint density at radius 3 is 2.72 bits per heavy atom. The molecular weight excluding hydrogens is 406 g/mol. The van der Waals surface area contributed by atoms with Gasteiger partial charge in [0.05, 0.1) is 26.2 Å². The number of hydrogen-bond acceptors (Lipinski definition) is 5. The van der Waals surface area contributed by atoms with Crippen molar-refractivity contribution in [2.75, 3.05) is 39.9 Å².